The molecule has 0 aromatic carbocycles. The van der Waals surface area contributed by atoms with E-state index in [9.17, 15) is 4.79 Å². The van der Waals surface area contributed by atoms with Gasteiger partial charge in [-0.1, -0.05) is 0 Å². The molecule has 2 nitrogen and oxygen atoms in total. The summed E-state index contributed by atoms with van der Waals surface area (Å²) in [6.07, 6.45) is 4.39. The van der Waals surface area contributed by atoms with Gasteiger partial charge in [-0.3, -0.25) is 4.79 Å². The largest absolute Gasteiger partial charge is 0.390 e. The zero-order valence-electron chi connectivity index (χ0n) is 8.66. The molecule has 0 amide bonds. The first-order valence-corrected chi connectivity index (χ1v) is 6.94. The summed E-state index contributed by atoms with van der Waals surface area (Å²) in [4.78, 5) is 13.4. The number of aldehydes is 1. The maximum atomic E-state index is 11.0. The van der Waals surface area contributed by atoms with E-state index in [0.717, 1.165) is 40.1 Å². The molecular weight excluding hydrogens is 238 g/mol. The predicted molar refractivity (Wildman–Crippen MR) is 69.5 cm³/mol. The first kappa shape index (κ1) is 10.1. The van der Waals surface area contributed by atoms with Crippen LogP contribution in [0.15, 0.2) is 11.4 Å². The summed E-state index contributed by atoms with van der Waals surface area (Å²) in [6.45, 7) is 0. The van der Waals surface area contributed by atoms with Crippen molar-refractivity contribution in [1.29, 1.82) is 0 Å². The molecule has 1 aliphatic rings. The van der Waals surface area contributed by atoms with E-state index < -0.39 is 0 Å². The quantitative estimate of drug-likeness (QED) is 0.829. The number of fused-ring (bicyclic) bond motifs is 1. The number of nitrogen functional groups attached to an aromatic ring is 1. The number of hydrogen-bond acceptors (Lipinski definition) is 4. The molecule has 3 rings (SSSR count). The highest BCUT2D eigenvalue weighted by molar-refractivity contribution is 7.18. The number of nitrogens with two attached hydrogens (primary N) is 1. The van der Waals surface area contributed by atoms with E-state index in [2.05, 4.69) is 0 Å². The van der Waals surface area contributed by atoms with Crippen molar-refractivity contribution >= 4 is 34.0 Å². The molecule has 1 aliphatic carbocycles. The van der Waals surface area contributed by atoms with Crippen LogP contribution in [0.3, 0.4) is 0 Å². The number of rotatable bonds is 2. The molecule has 0 atom stereocenters. The highest BCUT2D eigenvalue weighted by atomic mass is 32.1. The maximum absolute atomic E-state index is 11.0. The van der Waals surface area contributed by atoms with Gasteiger partial charge in [0, 0.05) is 20.9 Å². The number of aryl methyl sites for hydroxylation is 1. The normalized spacial score (nSPS) is 14.0. The Morgan fingerprint density at radius 1 is 1.38 bits per heavy atom. The Kier molecular flexibility index (Phi) is 2.33. The molecule has 2 heterocycles. The van der Waals surface area contributed by atoms with Gasteiger partial charge in [-0.2, -0.15) is 0 Å². The summed E-state index contributed by atoms with van der Waals surface area (Å²) < 4.78 is 0. The minimum Gasteiger partial charge on any atom is -0.390 e. The molecule has 0 unspecified atom stereocenters. The van der Waals surface area contributed by atoms with Crippen LogP contribution in [-0.2, 0) is 12.8 Å². The van der Waals surface area contributed by atoms with Crippen LogP contribution in [0.4, 0.5) is 5.00 Å². The molecule has 82 valence electrons. The summed E-state index contributed by atoms with van der Waals surface area (Å²) in [5, 5.41) is 2.83. The van der Waals surface area contributed by atoms with Gasteiger partial charge in [0.05, 0.1) is 5.00 Å². The number of hydrogen-bond donors (Lipinski definition) is 1. The fourth-order valence-electron chi connectivity index (χ4n) is 2.29. The van der Waals surface area contributed by atoms with Crippen LogP contribution in [0, 0.1) is 0 Å². The van der Waals surface area contributed by atoms with Crippen molar-refractivity contribution in [2.75, 3.05) is 5.73 Å². The molecule has 2 N–H and O–H groups in total. The summed E-state index contributed by atoms with van der Waals surface area (Å²) >= 11 is 3.30. The Morgan fingerprint density at radius 3 is 3.06 bits per heavy atom. The topological polar surface area (TPSA) is 43.1 Å². The fraction of sp³-hybridized carbons (Fsp3) is 0.250. The lowest BCUT2D eigenvalue weighted by atomic mass is 10.1. The standard InChI is InChI=1S/C12H11NOS2/c13-12-10(8-2-1-3-9(8)16-12)11-7(6-14)4-5-15-11/h4-6H,1-3,13H2. The van der Waals surface area contributed by atoms with E-state index in [-0.39, 0.29) is 0 Å². The van der Waals surface area contributed by atoms with Crippen molar-refractivity contribution in [2.24, 2.45) is 0 Å². The van der Waals surface area contributed by atoms with Crippen molar-refractivity contribution in [3.8, 4) is 10.4 Å². The van der Waals surface area contributed by atoms with Crippen LogP contribution in [-0.4, -0.2) is 6.29 Å². The third-order valence-electron chi connectivity index (χ3n) is 3.00. The molecule has 2 aromatic heterocycles. The minimum atomic E-state index is 0.768. The lowest BCUT2D eigenvalue weighted by Gasteiger charge is -2.01. The number of thiophene rings is 2. The average Bonchev–Trinajstić information content (AvgIpc) is 2.91. The molecule has 0 saturated heterocycles. The predicted octanol–water partition coefficient (Wildman–Crippen LogP) is 3.36. The maximum Gasteiger partial charge on any atom is 0.151 e. The highest BCUT2D eigenvalue weighted by Crippen LogP contribution is 2.45. The lowest BCUT2D eigenvalue weighted by molar-refractivity contribution is 0.112. The third-order valence-corrected chi connectivity index (χ3v) is 5.07. The molecule has 0 fully saturated rings. The Labute approximate surface area is 102 Å². The Balaban J connectivity index is 2.23. The van der Waals surface area contributed by atoms with Gasteiger partial charge in [-0.25, -0.2) is 0 Å². The summed E-state index contributed by atoms with van der Waals surface area (Å²) in [5.74, 6) is 0. The van der Waals surface area contributed by atoms with Crippen LogP contribution in [0.2, 0.25) is 0 Å². The van der Waals surface area contributed by atoms with Crippen molar-refractivity contribution in [1.82, 2.24) is 0 Å². The molecule has 4 heteroatoms. The Bertz CT molecular complexity index is 553. The smallest absolute Gasteiger partial charge is 0.151 e. The monoisotopic (exact) mass is 249 g/mol. The third kappa shape index (κ3) is 1.33. The van der Waals surface area contributed by atoms with Crippen LogP contribution in [0.1, 0.15) is 27.2 Å². The first-order chi connectivity index (χ1) is 7.81. The number of anilines is 1. The van der Waals surface area contributed by atoms with Crippen LogP contribution in [0.25, 0.3) is 10.4 Å². The van der Waals surface area contributed by atoms with Crippen molar-refractivity contribution < 1.29 is 4.79 Å². The second-order valence-electron chi connectivity index (χ2n) is 3.92. The molecule has 0 aliphatic heterocycles. The molecule has 0 bridgehead atoms. The SMILES string of the molecule is Nc1sc2c(c1-c1sccc1C=O)CCC2. The zero-order valence-corrected chi connectivity index (χ0v) is 10.3. The molecule has 2 aromatic rings. The Morgan fingerprint density at radius 2 is 2.25 bits per heavy atom. The summed E-state index contributed by atoms with van der Waals surface area (Å²) in [7, 11) is 0. The van der Waals surface area contributed by atoms with E-state index in [4.69, 9.17) is 5.73 Å². The minimum absolute atomic E-state index is 0.768. The molecule has 0 spiro atoms. The Hall–Kier alpha value is -1.13. The van der Waals surface area contributed by atoms with Gasteiger partial charge in [0.15, 0.2) is 6.29 Å². The second kappa shape index (κ2) is 3.71. The van der Waals surface area contributed by atoms with Gasteiger partial charge in [0.1, 0.15) is 0 Å². The van der Waals surface area contributed by atoms with E-state index in [1.807, 2.05) is 11.4 Å². The first-order valence-electron chi connectivity index (χ1n) is 5.24. The number of carbonyl (C=O) groups excluding carboxylic acids is 1. The molecule has 16 heavy (non-hydrogen) atoms. The van der Waals surface area contributed by atoms with E-state index in [1.54, 1.807) is 22.7 Å². The van der Waals surface area contributed by atoms with Crippen LogP contribution < -0.4 is 5.73 Å². The summed E-state index contributed by atoms with van der Waals surface area (Å²) in [5.41, 5.74) is 9.36. The van der Waals surface area contributed by atoms with Crippen molar-refractivity contribution in [3.05, 3.63) is 27.5 Å². The second-order valence-corrected chi connectivity index (χ2v) is 5.97. The van der Waals surface area contributed by atoms with Gasteiger partial charge in [-0.15, -0.1) is 22.7 Å². The van der Waals surface area contributed by atoms with Gasteiger partial charge >= 0.3 is 0 Å². The molecule has 0 radical (unpaired) electrons. The highest BCUT2D eigenvalue weighted by Gasteiger charge is 2.23. The molecule has 0 saturated carbocycles. The van der Waals surface area contributed by atoms with Gasteiger partial charge in [0.2, 0.25) is 0 Å². The van der Waals surface area contributed by atoms with Gasteiger partial charge in [0.25, 0.3) is 0 Å². The molecular formula is C12H11NOS2. The summed E-state index contributed by atoms with van der Waals surface area (Å²) in [6, 6.07) is 1.87. The van der Waals surface area contributed by atoms with Gasteiger partial charge < -0.3 is 5.73 Å². The van der Waals surface area contributed by atoms with E-state index in [1.165, 1.54) is 16.9 Å². The van der Waals surface area contributed by atoms with Crippen molar-refractivity contribution in [3.63, 3.8) is 0 Å². The van der Waals surface area contributed by atoms with E-state index >= 15 is 0 Å². The lowest BCUT2D eigenvalue weighted by Crippen LogP contribution is -1.89. The fourth-order valence-corrected chi connectivity index (χ4v) is 4.47. The van der Waals surface area contributed by atoms with Gasteiger partial charge in [-0.05, 0) is 36.3 Å². The van der Waals surface area contributed by atoms with E-state index in [0.29, 0.717) is 0 Å². The average molecular weight is 249 g/mol. The zero-order chi connectivity index (χ0) is 11.1. The van der Waals surface area contributed by atoms with Crippen molar-refractivity contribution in [2.45, 2.75) is 19.3 Å². The number of carbonyl (C=O) groups is 1. The van der Waals surface area contributed by atoms with Crippen LogP contribution in [0.5, 0.6) is 0 Å². The van der Waals surface area contributed by atoms with Crippen LogP contribution >= 0.6 is 22.7 Å².